The minimum absolute atomic E-state index is 0.00523. The van der Waals surface area contributed by atoms with Crippen LogP contribution in [0.25, 0.3) is 10.1 Å². The monoisotopic (exact) mass is 1140 g/mol. The van der Waals surface area contributed by atoms with Crippen molar-refractivity contribution in [2.75, 3.05) is 14.7 Å². The highest BCUT2D eigenvalue weighted by Crippen LogP contribution is 2.57. The standard InChI is InChI=1S/C80H94BN3S/c1-72(2,3)49-25-32-68-55(41-49)70-71(85-68)81-64-47-62-63(80(18,19)40-39-79(62,16)17)48-65(64)83(52-27-30-57-60(43-52)77(12,13)37-34-74(57,6)7)66-45-54(46-67(69(66)81)84(70)53-28-31-58-61(44-53)78(14,15)38-35-75(58,8)9)82(50-23-21-20-22-24-50)51-26-29-56-59(42-51)76(10,11)36-33-73(56,4)5/h20-32,41-48H,33-40H2,1-19H3/i20D,21D,22D,23D,24D. The normalized spacial score (nSPS) is 21.8. The van der Waals surface area contributed by atoms with Crippen molar-refractivity contribution in [3.63, 3.8) is 0 Å². The first-order chi connectivity index (χ1) is 41.8. The maximum atomic E-state index is 10.0. The van der Waals surface area contributed by atoms with Crippen LogP contribution in [0.1, 0.15) is 240 Å². The molecule has 0 bridgehead atoms. The van der Waals surface area contributed by atoms with Crippen molar-refractivity contribution in [2.45, 2.75) is 232 Å². The molecule has 0 amide bonds. The van der Waals surface area contributed by atoms with E-state index in [4.69, 9.17) is 1.37 Å². The molecule has 0 atom stereocenters. The summed E-state index contributed by atoms with van der Waals surface area (Å²) in [5, 5.41) is 1.22. The molecule has 3 nitrogen and oxygen atoms in total. The van der Waals surface area contributed by atoms with Gasteiger partial charge in [-0.15, -0.1) is 11.3 Å². The molecule has 3 heterocycles. The van der Waals surface area contributed by atoms with Gasteiger partial charge in [-0.05, 0) is 240 Å². The number of benzene rings is 7. The fraction of sp³-hybridized carbons (Fsp3) is 0.450. The highest BCUT2D eigenvalue weighted by atomic mass is 32.1. The second kappa shape index (κ2) is 18.3. The number of rotatable bonds is 5. The zero-order chi connectivity index (χ0) is 64.7. The minimum Gasteiger partial charge on any atom is -0.311 e. The van der Waals surface area contributed by atoms with E-state index < -0.39 is 6.04 Å². The molecule has 7 aromatic carbocycles. The zero-order valence-corrected chi connectivity index (χ0v) is 55.5. The highest BCUT2D eigenvalue weighted by Gasteiger charge is 2.50. The van der Waals surface area contributed by atoms with Crippen molar-refractivity contribution in [3.05, 3.63) is 177 Å². The Morgan fingerprint density at radius 2 is 0.859 bits per heavy atom. The van der Waals surface area contributed by atoms with E-state index in [1.807, 2.05) is 16.2 Å². The van der Waals surface area contributed by atoms with Gasteiger partial charge in [0.1, 0.15) is 0 Å². The lowest BCUT2D eigenvalue weighted by atomic mass is 9.35. The molecule has 0 unspecified atom stereocenters. The van der Waals surface area contributed by atoms with Crippen LogP contribution in [-0.4, -0.2) is 6.71 Å². The van der Waals surface area contributed by atoms with Gasteiger partial charge in [0, 0.05) is 54.7 Å². The number of para-hydroxylation sites is 1. The largest absolute Gasteiger partial charge is 0.311 e. The Hall–Kier alpha value is -6.04. The van der Waals surface area contributed by atoms with Crippen LogP contribution in [0.3, 0.4) is 0 Å². The fourth-order valence-electron chi connectivity index (χ4n) is 16.6. The van der Waals surface area contributed by atoms with Crippen molar-refractivity contribution in [3.8, 4) is 0 Å². The average molecular weight is 1150 g/mol. The molecule has 1 aromatic heterocycles. The van der Waals surface area contributed by atoms with Crippen LogP contribution >= 0.6 is 11.3 Å². The van der Waals surface area contributed by atoms with Crippen LogP contribution < -0.4 is 30.4 Å². The first-order valence-corrected chi connectivity index (χ1v) is 32.9. The topological polar surface area (TPSA) is 9.72 Å². The smallest absolute Gasteiger partial charge is 0.264 e. The third-order valence-electron chi connectivity index (χ3n) is 22.7. The maximum Gasteiger partial charge on any atom is 0.264 e. The van der Waals surface area contributed by atoms with Gasteiger partial charge in [0.2, 0.25) is 0 Å². The summed E-state index contributed by atoms with van der Waals surface area (Å²) < 4.78 is 50.5. The van der Waals surface area contributed by atoms with Crippen LogP contribution in [0.5, 0.6) is 0 Å². The molecule has 438 valence electrons. The number of hydrogen-bond acceptors (Lipinski definition) is 4. The third-order valence-corrected chi connectivity index (χ3v) is 24.0. The lowest BCUT2D eigenvalue weighted by molar-refractivity contribution is 0.332. The number of anilines is 9. The summed E-state index contributed by atoms with van der Waals surface area (Å²) >= 11 is 1.95. The molecule has 0 spiro atoms. The first kappa shape index (κ1) is 51.1. The van der Waals surface area contributed by atoms with Crippen LogP contribution in [0.2, 0.25) is 0 Å². The van der Waals surface area contributed by atoms with Crippen LogP contribution in [0.15, 0.2) is 127 Å². The van der Waals surface area contributed by atoms with Crippen molar-refractivity contribution in [2.24, 2.45) is 0 Å². The van der Waals surface area contributed by atoms with E-state index >= 15 is 0 Å². The van der Waals surface area contributed by atoms with E-state index in [1.165, 1.54) is 87.2 Å². The second-order valence-corrected chi connectivity index (χ2v) is 34.4. The Kier molecular flexibility index (Phi) is 11.0. The van der Waals surface area contributed by atoms with Gasteiger partial charge < -0.3 is 14.7 Å². The lowest BCUT2D eigenvalue weighted by Crippen LogP contribution is -2.61. The van der Waals surface area contributed by atoms with E-state index in [1.54, 1.807) is 0 Å². The molecule has 0 saturated carbocycles. The van der Waals surface area contributed by atoms with Crippen LogP contribution in [0.4, 0.5) is 51.2 Å². The SMILES string of the molecule is [2H]c1c([2H])c([2H])c(N(c2cc3c4c(c2)N(c2ccc5c(c2)C(C)(C)CCC5(C)C)c2c(sc5ccc(C(C)(C)C)cc25)B4c2cc4c(cc2N3c2ccc3c(c2)C(C)(C)CCC3(C)C)C(C)(C)CCC4(C)C)c2ccc3c(c2)C(C)(C)CCC3(C)C)c([2H])c1[2H]. The molecule has 4 aliphatic carbocycles. The molecular formula is C80H94BN3S. The Labute approximate surface area is 522 Å². The summed E-state index contributed by atoms with van der Waals surface area (Å²) in [6, 6.07) is 37.0. The number of thiophene rings is 1. The Balaban J connectivity index is 1.19. The Bertz CT molecular complexity index is 4380. The van der Waals surface area contributed by atoms with Crippen molar-refractivity contribution >= 4 is 95.0 Å². The molecule has 0 N–H and O–H groups in total. The molecule has 14 rings (SSSR count). The molecule has 2 aliphatic heterocycles. The number of fused-ring (bicyclic) bond motifs is 10. The molecular weight excluding hydrogens is 1050 g/mol. The zero-order valence-electron chi connectivity index (χ0n) is 59.7. The predicted octanol–water partition coefficient (Wildman–Crippen LogP) is 21.1. The summed E-state index contributed by atoms with van der Waals surface area (Å²) in [7, 11) is 0. The molecule has 85 heavy (non-hydrogen) atoms. The van der Waals surface area contributed by atoms with Gasteiger partial charge in [0.05, 0.1) is 18.2 Å². The van der Waals surface area contributed by atoms with Gasteiger partial charge in [-0.2, -0.15) is 0 Å². The Morgan fingerprint density at radius 1 is 0.424 bits per heavy atom. The van der Waals surface area contributed by atoms with Gasteiger partial charge in [-0.3, -0.25) is 0 Å². The van der Waals surface area contributed by atoms with E-state index in [-0.39, 0.29) is 85.3 Å². The number of hydrogen-bond donors (Lipinski definition) is 0. The van der Waals surface area contributed by atoms with E-state index in [0.717, 1.165) is 85.5 Å². The first-order valence-electron chi connectivity index (χ1n) is 34.6. The third kappa shape index (κ3) is 8.66. The van der Waals surface area contributed by atoms with E-state index in [2.05, 4.69) is 238 Å². The molecule has 0 radical (unpaired) electrons. The fourth-order valence-corrected chi connectivity index (χ4v) is 17.9. The lowest BCUT2D eigenvalue weighted by Gasteiger charge is -2.48. The van der Waals surface area contributed by atoms with Gasteiger partial charge in [-0.25, -0.2) is 0 Å². The van der Waals surface area contributed by atoms with Crippen molar-refractivity contribution in [1.82, 2.24) is 0 Å². The van der Waals surface area contributed by atoms with E-state index in [0.29, 0.717) is 0 Å². The van der Waals surface area contributed by atoms with Crippen LogP contribution in [0, 0.1) is 0 Å². The summed E-state index contributed by atoms with van der Waals surface area (Å²) in [5.41, 5.74) is 22.2. The van der Waals surface area contributed by atoms with Gasteiger partial charge in [0.15, 0.2) is 0 Å². The van der Waals surface area contributed by atoms with Crippen molar-refractivity contribution < 1.29 is 6.85 Å². The molecule has 0 fully saturated rings. The minimum atomic E-state index is -0.405. The highest BCUT2D eigenvalue weighted by molar-refractivity contribution is 7.33. The van der Waals surface area contributed by atoms with Gasteiger partial charge >= 0.3 is 0 Å². The maximum absolute atomic E-state index is 10.0. The van der Waals surface area contributed by atoms with Gasteiger partial charge in [-0.1, -0.05) is 180 Å². The molecule has 0 saturated heterocycles. The van der Waals surface area contributed by atoms with Crippen molar-refractivity contribution in [1.29, 1.82) is 0 Å². The number of nitrogens with zero attached hydrogens (tertiary/aromatic N) is 3. The Morgan fingerprint density at radius 3 is 1.36 bits per heavy atom. The second-order valence-electron chi connectivity index (χ2n) is 33.3. The summed E-state index contributed by atoms with van der Waals surface area (Å²) in [5.74, 6) is 0. The van der Waals surface area contributed by atoms with Crippen LogP contribution in [-0.2, 0) is 48.7 Å². The van der Waals surface area contributed by atoms with E-state index in [9.17, 15) is 5.48 Å². The average Bonchev–Trinajstić information content (AvgIpc) is 1.16. The molecule has 5 heteroatoms. The molecule has 6 aliphatic rings. The molecule has 8 aromatic rings. The summed E-state index contributed by atoms with van der Waals surface area (Å²) in [6.07, 6.45) is 8.58. The van der Waals surface area contributed by atoms with Gasteiger partial charge in [0.25, 0.3) is 6.71 Å². The quantitative estimate of drug-likeness (QED) is 0.159. The summed E-state index contributed by atoms with van der Waals surface area (Å²) in [6.45, 7) is 45.3. The summed E-state index contributed by atoms with van der Waals surface area (Å²) in [4.78, 5) is 7.27. The predicted molar refractivity (Wildman–Crippen MR) is 370 cm³/mol.